The van der Waals surface area contributed by atoms with Gasteiger partial charge in [0, 0.05) is 10.5 Å². The molecule has 2 rings (SSSR count). The summed E-state index contributed by atoms with van der Waals surface area (Å²) in [6.07, 6.45) is 0.996. The number of hydrogen-bond acceptors (Lipinski definition) is 2. The molecule has 0 aliphatic carbocycles. The third-order valence-electron chi connectivity index (χ3n) is 2.78. The lowest BCUT2D eigenvalue weighted by molar-refractivity contribution is 0.441. The zero-order chi connectivity index (χ0) is 13.8. The van der Waals surface area contributed by atoms with E-state index in [1.54, 1.807) is 0 Å². The fourth-order valence-corrected chi connectivity index (χ4v) is 2.72. The minimum atomic E-state index is 0.392. The van der Waals surface area contributed by atoms with Crippen LogP contribution in [0.1, 0.15) is 18.2 Å². The Bertz CT molecular complexity index is 517. The Morgan fingerprint density at radius 3 is 2.42 bits per heavy atom. The fraction of sp³-hybridized carbons (Fsp3) is 0.286. The Morgan fingerprint density at radius 2 is 1.84 bits per heavy atom. The summed E-state index contributed by atoms with van der Waals surface area (Å²) in [5.41, 5.74) is 1.32. The van der Waals surface area contributed by atoms with Crippen molar-refractivity contribution in [1.82, 2.24) is 5.32 Å². The van der Waals surface area contributed by atoms with Crippen LogP contribution in [0.5, 0.6) is 0 Å². The summed E-state index contributed by atoms with van der Waals surface area (Å²) in [5.74, 6) is 0.918. The summed E-state index contributed by atoms with van der Waals surface area (Å²) >= 11 is 10.2. The topological polar surface area (TPSA) is 25.2 Å². The minimum Gasteiger partial charge on any atom is -0.452 e. The van der Waals surface area contributed by atoms with Gasteiger partial charge in [-0.1, -0.05) is 28.1 Å². The minimum absolute atomic E-state index is 0.392. The molecule has 0 saturated carbocycles. The highest BCUT2D eigenvalue weighted by atomic mass is 79.9. The number of furan rings is 1. The third-order valence-corrected chi connectivity index (χ3v) is 5.01. The largest absolute Gasteiger partial charge is 0.452 e. The quantitative estimate of drug-likeness (QED) is 0.668. The summed E-state index contributed by atoms with van der Waals surface area (Å²) in [5, 5.41) is 3.46. The van der Waals surface area contributed by atoms with Crippen molar-refractivity contribution in [1.29, 1.82) is 0 Å². The van der Waals surface area contributed by atoms with E-state index in [9.17, 15) is 0 Å². The molecule has 102 valence electrons. The van der Waals surface area contributed by atoms with Gasteiger partial charge in [-0.2, -0.15) is 0 Å². The Labute approximate surface area is 138 Å². The van der Waals surface area contributed by atoms with E-state index in [2.05, 4.69) is 84.3 Å². The lowest BCUT2D eigenvalue weighted by atomic mass is 10.1. The zero-order valence-electron chi connectivity index (χ0n) is 10.4. The van der Waals surface area contributed by atoms with Gasteiger partial charge in [-0.3, -0.25) is 0 Å². The summed E-state index contributed by atoms with van der Waals surface area (Å²) < 4.78 is 8.33. The molecule has 5 heteroatoms. The molecule has 0 spiro atoms. The maximum atomic E-state index is 5.53. The van der Waals surface area contributed by atoms with Crippen LogP contribution >= 0.6 is 47.8 Å². The Morgan fingerprint density at radius 1 is 1.16 bits per heavy atom. The van der Waals surface area contributed by atoms with Gasteiger partial charge in [0.15, 0.2) is 4.67 Å². The molecule has 1 unspecified atom stereocenters. The predicted molar refractivity (Wildman–Crippen MR) is 88.3 cm³/mol. The average Bonchev–Trinajstić information content (AvgIpc) is 2.69. The summed E-state index contributed by atoms with van der Waals surface area (Å²) in [6, 6.07) is 10.8. The molecule has 0 fully saturated rings. The SMILES string of the molecule is CC(Cc1ccc(Br)cc1)NCc1cc(Br)c(Br)o1. The van der Waals surface area contributed by atoms with E-state index in [1.165, 1.54) is 5.56 Å². The second-order valence-electron chi connectivity index (χ2n) is 4.45. The van der Waals surface area contributed by atoms with Gasteiger partial charge in [-0.05, 0) is 69.0 Å². The van der Waals surface area contributed by atoms with E-state index in [-0.39, 0.29) is 0 Å². The van der Waals surface area contributed by atoms with E-state index < -0.39 is 0 Å². The molecular formula is C14H14Br3NO. The summed E-state index contributed by atoms with van der Waals surface area (Å²) in [6.45, 7) is 2.90. The van der Waals surface area contributed by atoms with Crippen LogP contribution in [0.2, 0.25) is 0 Å². The first-order valence-corrected chi connectivity index (χ1v) is 8.34. The lowest BCUT2D eigenvalue weighted by Gasteiger charge is -2.12. The van der Waals surface area contributed by atoms with Gasteiger partial charge in [-0.15, -0.1) is 0 Å². The molecular weight excluding hydrogens is 438 g/mol. The van der Waals surface area contributed by atoms with Gasteiger partial charge >= 0.3 is 0 Å². The number of hydrogen-bond donors (Lipinski definition) is 1. The molecule has 0 radical (unpaired) electrons. The van der Waals surface area contributed by atoms with Crippen molar-refractivity contribution in [3.8, 4) is 0 Å². The number of rotatable bonds is 5. The predicted octanol–water partition coefficient (Wildman–Crippen LogP) is 5.29. The van der Waals surface area contributed by atoms with Crippen LogP contribution in [-0.4, -0.2) is 6.04 Å². The Hall–Kier alpha value is -0.100. The maximum Gasteiger partial charge on any atom is 0.183 e. The molecule has 0 amide bonds. The first-order chi connectivity index (χ1) is 9.04. The lowest BCUT2D eigenvalue weighted by Crippen LogP contribution is -2.27. The zero-order valence-corrected chi connectivity index (χ0v) is 15.2. The van der Waals surface area contributed by atoms with Crippen molar-refractivity contribution in [2.24, 2.45) is 0 Å². The van der Waals surface area contributed by atoms with Gasteiger partial charge in [0.2, 0.25) is 0 Å². The van der Waals surface area contributed by atoms with Gasteiger partial charge < -0.3 is 9.73 Å². The van der Waals surface area contributed by atoms with Crippen molar-refractivity contribution in [2.45, 2.75) is 25.9 Å². The molecule has 1 aromatic carbocycles. The van der Waals surface area contributed by atoms with E-state index >= 15 is 0 Å². The number of halogens is 3. The van der Waals surface area contributed by atoms with Crippen LogP contribution < -0.4 is 5.32 Å². The van der Waals surface area contributed by atoms with Crippen molar-refractivity contribution < 1.29 is 4.42 Å². The highest BCUT2D eigenvalue weighted by Crippen LogP contribution is 2.26. The molecule has 1 atom stereocenters. The second-order valence-corrected chi connectivity index (χ2v) is 6.94. The molecule has 1 aromatic heterocycles. The molecule has 1 N–H and O–H groups in total. The molecule has 19 heavy (non-hydrogen) atoms. The van der Waals surface area contributed by atoms with E-state index in [0.29, 0.717) is 6.04 Å². The van der Waals surface area contributed by atoms with Crippen LogP contribution in [0.3, 0.4) is 0 Å². The maximum absolute atomic E-state index is 5.53. The average molecular weight is 452 g/mol. The standard InChI is InChI=1S/C14H14Br3NO/c1-9(6-10-2-4-11(15)5-3-10)18-8-12-7-13(16)14(17)19-12/h2-5,7,9,18H,6,8H2,1H3. The monoisotopic (exact) mass is 449 g/mol. The second kappa shape index (κ2) is 7.07. The van der Waals surface area contributed by atoms with Crippen molar-refractivity contribution in [3.05, 3.63) is 55.3 Å². The number of nitrogens with one attached hydrogen (secondary N) is 1. The smallest absolute Gasteiger partial charge is 0.183 e. The van der Waals surface area contributed by atoms with E-state index in [4.69, 9.17) is 4.42 Å². The highest BCUT2D eigenvalue weighted by Gasteiger charge is 2.08. The van der Waals surface area contributed by atoms with E-state index in [1.807, 2.05) is 6.07 Å². The molecule has 0 saturated heterocycles. The molecule has 2 nitrogen and oxygen atoms in total. The van der Waals surface area contributed by atoms with Crippen LogP contribution in [0.15, 0.2) is 48.4 Å². The highest BCUT2D eigenvalue weighted by molar-refractivity contribution is 9.13. The normalized spacial score (nSPS) is 12.6. The van der Waals surface area contributed by atoms with Crippen molar-refractivity contribution >= 4 is 47.8 Å². The van der Waals surface area contributed by atoms with Crippen LogP contribution in [0, 0.1) is 0 Å². The first kappa shape index (κ1) is 15.3. The third kappa shape index (κ3) is 4.74. The Kier molecular flexibility index (Phi) is 5.69. The first-order valence-electron chi connectivity index (χ1n) is 5.96. The molecule has 0 aliphatic rings. The molecule has 0 aliphatic heterocycles. The van der Waals surface area contributed by atoms with Crippen LogP contribution in [0.4, 0.5) is 0 Å². The molecule has 1 heterocycles. The van der Waals surface area contributed by atoms with Crippen molar-refractivity contribution in [3.63, 3.8) is 0 Å². The van der Waals surface area contributed by atoms with Crippen LogP contribution in [-0.2, 0) is 13.0 Å². The van der Waals surface area contributed by atoms with Gasteiger partial charge in [-0.25, -0.2) is 0 Å². The summed E-state index contributed by atoms with van der Waals surface area (Å²) in [7, 11) is 0. The van der Waals surface area contributed by atoms with Crippen LogP contribution in [0.25, 0.3) is 0 Å². The van der Waals surface area contributed by atoms with Gasteiger partial charge in [0.1, 0.15) is 5.76 Å². The number of benzene rings is 1. The van der Waals surface area contributed by atoms with Crippen molar-refractivity contribution in [2.75, 3.05) is 0 Å². The van der Waals surface area contributed by atoms with Gasteiger partial charge in [0.25, 0.3) is 0 Å². The molecule has 2 aromatic rings. The summed E-state index contributed by atoms with van der Waals surface area (Å²) in [4.78, 5) is 0. The van der Waals surface area contributed by atoms with Gasteiger partial charge in [0.05, 0.1) is 11.0 Å². The molecule has 0 bridgehead atoms. The Balaban J connectivity index is 1.84. The van der Waals surface area contributed by atoms with E-state index in [0.717, 1.165) is 32.3 Å². The fourth-order valence-electron chi connectivity index (χ4n) is 1.80.